The molecule has 5 fully saturated rings. The van der Waals surface area contributed by atoms with Crippen molar-refractivity contribution in [1.82, 2.24) is 0 Å². The number of carbonyl (C=O) groups is 2. The van der Waals surface area contributed by atoms with Crippen molar-refractivity contribution in [2.24, 2.45) is 28.6 Å². The minimum absolute atomic E-state index is 0.0316. The fourth-order valence-electron chi connectivity index (χ4n) is 9.88. The highest BCUT2D eigenvalue weighted by atomic mass is 16.8. The van der Waals surface area contributed by atoms with Gasteiger partial charge in [-0.25, -0.2) is 0 Å². The topological polar surface area (TPSA) is 253 Å². The highest BCUT2D eigenvalue weighted by Gasteiger charge is 2.68. The van der Waals surface area contributed by atoms with Crippen LogP contribution in [-0.2, 0) is 28.5 Å². The van der Waals surface area contributed by atoms with Crippen LogP contribution < -0.4 is 0 Å². The Hall–Kier alpha value is -1.70. The van der Waals surface area contributed by atoms with Crippen LogP contribution in [0.2, 0.25) is 0 Å². The first-order valence-electron chi connectivity index (χ1n) is 16.7. The molecule has 9 N–H and O–H groups in total. The van der Waals surface area contributed by atoms with E-state index in [1.165, 1.54) is 6.08 Å². The molecule has 15 heteroatoms. The maximum absolute atomic E-state index is 13.9. The molecular weight excluding hydrogens is 636 g/mol. The average Bonchev–Trinajstić information content (AvgIpc) is 3.49. The second-order valence-corrected chi connectivity index (χ2v) is 14.9. The normalized spacial score (nSPS) is 51.6. The Kier molecular flexibility index (Phi) is 9.64. The van der Waals surface area contributed by atoms with Crippen LogP contribution in [-0.4, -0.2) is 150 Å². The molecule has 0 radical (unpaired) electrons. The number of carbonyl (C=O) groups excluding carboxylic acids is 2. The van der Waals surface area contributed by atoms with E-state index in [4.69, 9.17) is 18.9 Å². The Morgan fingerprint density at radius 2 is 1.71 bits per heavy atom. The number of hydrogen-bond donors (Lipinski definition) is 9. The number of aliphatic hydroxyl groups excluding tert-OH is 8. The van der Waals surface area contributed by atoms with Crippen molar-refractivity contribution in [2.75, 3.05) is 26.4 Å². The van der Waals surface area contributed by atoms with Crippen LogP contribution in [0.1, 0.15) is 46.0 Å². The maximum atomic E-state index is 13.9. The second-order valence-electron chi connectivity index (χ2n) is 14.9. The fraction of sp³-hybridized carbons (Fsp3) is 0.818. The molecule has 2 aliphatic heterocycles. The lowest BCUT2D eigenvalue weighted by Gasteiger charge is -2.59. The quantitative estimate of drug-likeness (QED) is 0.119. The zero-order chi connectivity index (χ0) is 35.0. The maximum Gasteiger partial charge on any atom is 0.222 e. The molecule has 4 unspecified atom stereocenters. The van der Waals surface area contributed by atoms with Gasteiger partial charge < -0.3 is 64.9 Å². The third-order valence-corrected chi connectivity index (χ3v) is 12.6. The van der Waals surface area contributed by atoms with E-state index in [1.54, 1.807) is 13.0 Å². The molecule has 0 aromatic carbocycles. The second kappa shape index (κ2) is 12.8. The number of ketones is 2. The summed E-state index contributed by atoms with van der Waals surface area (Å²) >= 11 is 0. The van der Waals surface area contributed by atoms with Crippen LogP contribution in [0.3, 0.4) is 0 Å². The zero-order valence-electron chi connectivity index (χ0n) is 27.0. The highest BCUT2D eigenvalue weighted by molar-refractivity contribution is 6.01. The molecule has 0 amide bonds. The van der Waals surface area contributed by atoms with Crippen molar-refractivity contribution in [2.45, 2.75) is 112 Å². The Bertz CT molecular complexity index is 1320. The predicted octanol–water partition coefficient (Wildman–Crippen LogP) is -2.79. The SMILES string of the molecule is C[C@]12C=CC(=O)C=C1CC[C@@H]1[C@@H]2[C@@H](O)C[C@@]2(C)[C@H]1CC[C@]2(O)C(=O)COC1(CO)O[C@H](CO)C(O[C@@H]2OC(CO)[C@H](O)[C@@H](O)C2O)[C@H]1O. The molecular formula is C33H48O15. The first-order valence-corrected chi connectivity index (χ1v) is 16.7. The Labute approximate surface area is 277 Å². The lowest BCUT2D eigenvalue weighted by atomic mass is 9.46. The molecule has 16 atom stereocenters. The van der Waals surface area contributed by atoms with Gasteiger partial charge >= 0.3 is 0 Å². The van der Waals surface area contributed by atoms with E-state index in [1.807, 2.05) is 13.0 Å². The number of hydrogen-bond acceptors (Lipinski definition) is 15. The third kappa shape index (κ3) is 5.29. The van der Waals surface area contributed by atoms with E-state index >= 15 is 0 Å². The molecule has 15 nitrogen and oxygen atoms in total. The monoisotopic (exact) mass is 684 g/mol. The first-order chi connectivity index (χ1) is 22.6. The van der Waals surface area contributed by atoms with Crippen molar-refractivity contribution in [3.05, 3.63) is 23.8 Å². The van der Waals surface area contributed by atoms with E-state index in [9.17, 15) is 55.5 Å². The number of ether oxygens (including phenoxy) is 4. The van der Waals surface area contributed by atoms with Crippen LogP contribution in [0.5, 0.6) is 0 Å². The van der Waals surface area contributed by atoms with E-state index in [0.717, 1.165) is 5.57 Å². The number of aliphatic hydroxyl groups is 9. The van der Waals surface area contributed by atoms with Crippen LogP contribution in [0, 0.1) is 28.6 Å². The number of allylic oxidation sites excluding steroid dienone is 4. The molecule has 48 heavy (non-hydrogen) atoms. The number of rotatable bonds is 9. The largest absolute Gasteiger partial charge is 0.394 e. The molecule has 2 heterocycles. The molecule has 6 rings (SSSR count). The smallest absolute Gasteiger partial charge is 0.222 e. The van der Waals surface area contributed by atoms with Crippen molar-refractivity contribution < 1.29 is 74.5 Å². The minimum Gasteiger partial charge on any atom is -0.394 e. The molecule has 270 valence electrons. The van der Waals surface area contributed by atoms with Crippen molar-refractivity contribution in [3.63, 3.8) is 0 Å². The van der Waals surface area contributed by atoms with Crippen molar-refractivity contribution in [1.29, 1.82) is 0 Å². The standard InChI is InChI=1S/C33H48O15/c1-30-7-5-16(37)9-15(30)3-4-17-18-6-8-32(44,31(18,2)10-19(38)23(17)30)22(39)13-45-33(14-36)28(43)27(21(12-35)48-33)47-29-26(42)25(41)24(40)20(11-34)46-29/h5,7,9,17-21,23-29,34-36,38,40-44H,3-4,6,8,10-14H2,1-2H3/t17-,18-,19-,20?,21+,23+,24-,25+,26?,27?,28+,29-,30-,31-,32-,33?/m0/s1. The lowest BCUT2D eigenvalue weighted by molar-refractivity contribution is -0.319. The molecule has 6 aliphatic rings. The summed E-state index contributed by atoms with van der Waals surface area (Å²) < 4.78 is 22.4. The molecule has 2 saturated heterocycles. The Balaban J connectivity index is 1.17. The minimum atomic E-state index is -2.32. The van der Waals surface area contributed by atoms with E-state index in [0.29, 0.717) is 19.3 Å². The molecule has 4 aliphatic carbocycles. The summed E-state index contributed by atoms with van der Waals surface area (Å²) in [6.07, 6.45) is -6.85. The van der Waals surface area contributed by atoms with Gasteiger partial charge in [-0.05, 0) is 56.1 Å². The van der Waals surface area contributed by atoms with Gasteiger partial charge in [0.2, 0.25) is 5.79 Å². The van der Waals surface area contributed by atoms with E-state index in [2.05, 4.69) is 0 Å². The number of fused-ring (bicyclic) bond motifs is 5. The molecule has 0 spiro atoms. The summed E-state index contributed by atoms with van der Waals surface area (Å²) in [4.78, 5) is 26.0. The average molecular weight is 685 g/mol. The van der Waals surface area contributed by atoms with Crippen LogP contribution in [0.15, 0.2) is 23.8 Å². The van der Waals surface area contributed by atoms with Crippen molar-refractivity contribution >= 4 is 11.6 Å². The first kappa shape index (κ1) is 36.1. The van der Waals surface area contributed by atoms with Gasteiger partial charge in [0.25, 0.3) is 0 Å². The summed E-state index contributed by atoms with van der Waals surface area (Å²) in [7, 11) is 0. The van der Waals surface area contributed by atoms with Gasteiger partial charge in [0.1, 0.15) is 61.5 Å². The van der Waals surface area contributed by atoms with Gasteiger partial charge in [0.15, 0.2) is 17.9 Å². The molecule has 3 saturated carbocycles. The van der Waals surface area contributed by atoms with Gasteiger partial charge in [-0.1, -0.05) is 25.5 Å². The Morgan fingerprint density at radius 1 is 1.00 bits per heavy atom. The highest BCUT2D eigenvalue weighted by Crippen LogP contribution is 2.67. The third-order valence-electron chi connectivity index (χ3n) is 12.6. The Morgan fingerprint density at radius 3 is 2.38 bits per heavy atom. The van der Waals surface area contributed by atoms with Gasteiger partial charge in [0, 0.05) is 16.7 Å². The van der Waals surface area contributed by atoms with Gasteiger partial charge in [-0.2, -0.15) is 0 Å². The zero-order valence-corrected chi connectivity index (χ0v) is 27.0. The van der Waals surface area contributed by atoms with Gasteiger partial charge in [-0.3, -0.25) is 9.59 Å². The molecule has 0 bridgehead atoms. The van der Waals surface area contributed by atoms with Crippen LogP contribution >= 0.6 is 0 Å². The van der Waals surface area contributed by atoms with E-state index in [-0.39, 0.29) is 36.4 Å². The predicted molar refractivity (Wildman–Crippen MR) is 160 cm³/mol. The lowest BCUT2D eigenvalue weighted by Crippen LogP contribution is -2.62. The van der Waals surface area contributed by atoms with Gasteiger partial charge in [-0.15, -0.1) is 0 Å². The van der Waals surface area contributed by atoms with E-state index < -0.39 is 110 Å². The summed E-state index contributed by atoms with van der Waals surface area (Å²) in [6.45, 7) is 0.478. The van der Waals surface area contributed by atoms with Crippen LogP contribution in [0.25, 0.3) is 0 Å². The van der Waals surface area contributed by atoms with Crippen LogP contribution in [0.4, 0.5) is 0 Å². The molecule has 0 aromatic heterocycles. The molecule has 0 aromatic rings. The fourth-order valence-corrected chi connectivity index (χ4v) is 9.88. The summed E-state index contributed by atoms with van der Waals surface area (Å²) in [6, 6.07) is 0. The van der Waals surface area contributed by atoms with Gasteiger partial charge in [0.05, 0.1) is 19.3 Å². The van der Waals surface area contributed by atoms with Crippen molar-refractivity contribution in [3.8, 4) is 0 Å². The summed E-state index contributed by atoms with van der Waals surface area (Å²) in [5, 5.41) is 95.4. The summed E-state index contributed by atoms with van der Waals surface area (Å²) in [5.41, 5.74) is -2.51. The summed E-state index contributed by atoms with van der Waals surface area (Å²) in [5.74, 6) is -3.50. The number of Topliss-reactive ketones (excluding diaryl/α,β-unsaturated/α-hetero) is 1.